The van der Waals surface area contributed by atoms with Crippen molar-refractivity contribution in [1.29, 1.82) is 0 Å². The van der Waals surface area contributed by atoms with Gasteiger partial charge in [0, 0.05) is 22.7 Å². The van der Waals surface area contributed by atoms with Crippen LogP contribution in [-0.2, 0) is 23.1 Å². The number of sulfonamides is 1. The molecule has 1 fully saturated rings. The first kappa shape index (κ1) is 22.4. The van der Waals surface area contributed by atoms with Gasteiger partial charge in [0.25, 0.3) is 0 Å². The molecule has 8 heteroatoms. The molecule has 0 radical (unpaired) electrons. The van der Waals surface area contributed by atoms with Gasteiger partial charge in [-0.1, -0.05) is 43.0 Å². The fourth-order valence-corrected chi connectivity index (χ4v) is 7.10. The molecular weight excluding hydrogens is 458 g/mol. The van der Waals surface area contributed by atoms with Crippen LogP contribution in [0.2, 0.25) is 5.02 Å². The fourth-order valence-electron chi connectivity index (χ4n) is 5.01. The number of hydrogen-bond donors (Lipinski definition) is 0. The van der Waals surface area contributed by atoms with Crippen LogP contribution < -0.4 is 4.74 Å². The molecule has 2 aliphatic rings. The summed E-state index contributed by atoms with van der Waals surface area (Å²) in [6.07, 6.45) is 4.61. The number of aryl methyl sites for hydroxylation is 1. The molecule has 0 bridgehead atoms. The number of fused-ring (bicyclic) bond motifs is 1. The molecule has 0 amide bonds. The van der Waals surface area contributed by atoms with Crippen LogP contribution >= 0.6 is 11.6 Å². The van der Waals surface area contributed by atoms with E-state index in [4.69, 9.17) is 21.4 Å². The molecule has 33 heavy (non-hydrogen) atoms. The highest BCUT2D eigenvalue weighted by Crippen LogP contribution is 2.39. The van der Waals surface area contributed by atoms with Crippen molar-refractivity contribution in [3.05, 3.63) is 64.3 Å². The van der Waals surface area contributed by atoms with Crippen molar-refractivity contribution >= 4 is 21.6 Å². The van der Waals surface area contributed by atoms with Crippen molar-refractivity contribution in [3.63, 3.8) is 0 Å². The lowest BCUT2D eigenvalue weighted by molar-refractivity contribution is 0.396. The average molecular weight is 486 g/mol. The third-order valence-electron chi connectivity index (χ3n) is 6.81. The number of aromatic nitrogens is 2. The number of halogens is 1. The van der Waals surface area contributed by atoms with Crippen molar-refractivity contribution in [2.75, 3.05) is 7.11 Å². The van der Waals surface area contributed by atoms with Crippen molar-refractivity contribution in [2.24, 2.45) is 0 Å². The van der Waals surface area contributed by atoms with Gasteiger partial charge in [-0.15, -0.1) is 0 Å². The van der Waals surface area contributed by atoms with E-state index in [2.05, 4.69) is 0 Å². The molecule has 174 valence electrons. The lowest BCUT2D eigenvalue weighted by Crippen LogP contribution is -2.36. The summed E-state index contributed by atoms with van der Waals surface area (Å²) in [5, 5.41) is 5.30. The van der Waals surface area contributed by atoms with Crippen LogP contribution in [0.25, 0.3) is 16.9 Å². The van der Waals surface area contributed by atoms with E-state index in [1.165, 1.54) is 0 Å². The monoisotopic (exact) mass is 485 g/mol. The minimum atomic E-state index is -3.35. The van der Waals surface area contributed by atoms with Crippen molar-refractivity contribution in [3.8, 4) is 22.7 Å². The minimum Gasteiger partial charge on any atom is -0.497 e. The Labute approximate surface area is 200 Å². The Balaban J connectivity index is 1.58. The van der Waals surface area contributed by atoms with Crippen molar-refractivity contribution in [2.45, 2.75) is 57.4 Å². The Bertz CT molecular complexity index is 1280. The number of ether oxygens (including phenoxy) is 1. The highest BCUT2D eigenvalue weighted by molar-refractivity contribution is 7.89. The second-order valence-corrected chi connectivity index (χ2v) is 11.6. The van der Waals surface area contributed by atoms with E-state index in [0.29, 0.717) is 18.1 Å². The van der Waals surface area contributed by atoms with E-state index in [9.17, 15) is 8.42 Å². The van der Waals surface area contributed by atoms with E-state index < -0.39 is 10.0 Å². The number of hydrogen-bond acceptors (Lipinski definition) is 4. The summed E-state index contributed by atoms with van der Waals surface area (Å²) in [4.78, 5) is 0. The lowest BCUT2D eigenvalue weighted by atomic mass is 10.0. The standard InChI is InChI=1S/C25H28ClN3O3S/c1-17-14-20(32-2)12-13-24(17)29-25(18-8-10-19(26)11-9-18)22-15-28(16-23(22)27-29)33(30,31)21-6-4-3-5-7-21/h8-14,21H,3-7,15-16H2,1-2H3. The molecule has 0 N–H and O–H groups in total. The maximum Gasteiger partial charge on any atom is 0.217 e. The zero-order chi connectivity index (χ0) is 23.2. The summed E-state index contributed by atoms with van der Waals surface area (Å²) in [5.41, 5.74) is 5.62. The van der Waals surface area contributed by atoms with Gasteiger partial charge in [-0.2, -0.15) is 9.40 Å². The molecule has 0 atom stereocenters. The molecule has 1 aliphatic heterocycles. The number of nitrogens with zero attached hydrogens (tertiary/aromatic N) is 3. The third kappa shape index (κ3) is 4.07. The highest BCUT2D eigenvalue weighted by atomic mass is 35.5. The van der Waals surface area contributed by atoms with Crippen LogP contribution in [0.5, 0.6) is 5.75 Å². The van der Waals surface area contributed by atoms with Crippen LogP contribution in [0.3, 0.4) is 0 Å². The number of rotatable bonds is 5. The quantitative estimate of drug-likeness (QED) is 0.479. The second kappa shape index (κ2) is 8.78. The summed E-state index contributed by atoms with van der Waals surface area (Å²) in [7, 11) is -1.70. The predicted molar refractivity (Wildman–Crippen MR) is 130 cm³/mol. The molecule has 5 rings (SSSR count). The summed E-state index contributed by atoms with van der Waals surface area (Å²) >= 11 is 6.15. The molecule has 1 aliphatic carbocycles. The van der Waals surface area contributed by atoms with Gasteiger partial charge < -0.3 is 4.74 Å². The van der Waals surface area contributed by atoms with Gasteiger partial charge in [0.2, 0.25) is 10.0 Å². The van der Waals surface area contributed by atoms with Crippen molar-refractivity contribution < 1.29 is 13.2 Å². The van der Waals surface area contributed by atoms with E-state index >= 15 is 0 Å². The number of methoxy groups -OCH3 is 1. The predicted octanol–water partition coefficient (Wildman–Crippen LogP) is 5.49. The molecule has 6 nitrogen and oxygen atoms in total. The van der Waals surface area contributed by atoms with E-state index in [0.717, 1.165) is 71.6 Å². The van der Waals surface area contributed by atoms with Crippen LogP contribution in [0.15, 0.2) is 42.5 Å². The first-order valence-corrected chi connectivity index (χ1v) is 13.3. The Hall–Kier alpha value is -2.35. The third-order valence-corrected chi connectivity index (χ3v) is 9.35. The first-order chi connectivity index (χ1) is 15.9. The van der Waals surface area contributed by atoms with Gasteiger partial charge in [-0.3, -0.25) is 0 Å². The fraction of sp³-hybridized carbons (Fsp3) is 0.400. The summed E-state index contributed by atoms with van der Waals surface area (Å²) in [6, 6.07) is 13.5. The van der Waals surface area contributed by atoms with Gasteiger partial charge in [0.1, 0.15) is 5.75 Å². The van der Waals surface area contributed by atoms with Gasteiger partial charge in [0.15, 0.2) is 0 Å². The number of benzene rings is 2. The molecule has 0 saturated heterocycles. The normalized spacial score (nSPS) is 17.3. The first-order valence-electron chi connectivity index (χ1n) is 11.4. The van der Waals surface area contributed by atoms with Gasteiger partial charge in [0.05, 0.1) is 36.0 Å². The summed E-state index contributed by atoms with van der Waals surface area (Å²) in [5.74, 6) is 0.786. The van der Waals surface area contributed by atoms with Gasteiger partial charge >= 0.3 is 0 Å². The van der Waals surface area contributed by atoms with Crippen LogP contribution in [-0.4, -0.2) is 34.9 Å². The zero-order valence-electron chi connectivity index (χ0n) is 18.9. The molecule has 2 heterocycles. The largest absolute Gasteiger partial charge is 0.497 e. The highest BCUT2D eigenvalue weighted by Gasteiger charge is 2.39. The minimum absolute atomic E-state index is 0.273. The van der Waals surface area contributed by atoms with E-state index in [-0.39, 0.29) is 5.25 Å². The van der Waals surface area contributed by atoms with Gasteiger partial charge in [-0.25, -0.2) is 13.1 Å². The summed E-state index contributed by atoms with van der Waals surface area (Å²) < 4.78 is 35.7. The molecule has 0 spiro atoms. The lowest BCUT2D eigenvalue weighted by Gasteiger charge is -2.27. The smallest absolute Gasteiger partial charge is 0.217 e. The molecule has 2 aromatic carbocycles. The topological polar surface area (TPSA) is 64.4 Å². The average Bonchev–Trinajstić information content (AvgIpc) is 3.39. The van der Waals surface area contributed by atoms with E-state index in [1.54, 1.807) is 11.4 Å². The van der Waals surface area contributed by atoms with Crippen LogP contribution in [0.1, 0.15) is 48.9 Å². The van der Waals surface area contributed by atoms with Gasteiger partial charge in [-0.05, 0) is 55.7 Å². The Morgan fingerprint density at radius 3 is 2.42 bits per heavy atom. The van der Waals surface area contributed by atoms with Crippen molar-refractivity contribution in [1.82, 2.24) is 14.1 Å². The molecular formula is C25H28ClN3O3S. The Morgan fingerprint density at radius 2 is 1.76 bits per heavy atom. The maximum atomic E-state index is 13.4. The zero-order valence-corrected chi connectivity index (χ0v) is 20.5. The molecule has 1 aromatic heterocycles. The van der Waals surface area contributed by atoms with Crippen LogP contribution in [0.4, 0.5) is 0 Å². The Morgan fingerprint density at radius 1 is 1.03 bits per heavy atom. The molecule has 1 saturated carbocycles. The van der Waals surface area contributed by atoms with Crippen LogP contribution in [0, 0.1) is 6.92 Å². The maximum absolute atomic E-state index is 13.4. The molecule has 0 unspecified atom stereocenters. The summed E-state index contributed by atoms with van der Waals surface area (Å²) in [6.45, 7) is 2.69. The SMILES string of the molecule is COc1ccc(-n2nc3c(c2-c2ccc(Cl)cc2)CN(S(=O)(=O)C2CCCCC2)C3)c(C)c1. The second-order valence-electron chi connectivity index (χ2n) is 8.92. The Kier molecular flexibility index (Phi) is 5.97. The van der Waals surface area contributed by atoms with E-state index in [1.807, 2.05) is 54.1 Å². The molecule has 3 aromatic rings.